The molecule has 0 atom stereocenters. The van der Waals surface area contributed by atoms with Gasteiger partial charge in [0.2, 0.25) is 0 Å². The van der Waals surface area contributed by atoms with Crippen LogP contribution in [-0.4, -0.2) is 10.1 Å². The Labute approximate surface area is 88.1 Å². The molecule has 1 rings (SSSR count). The van der Waals surface area contributed by atoms with Crippen molar-refractivity contribution in [2.24, 2.45) is 4.99 Å². The fourth-order valence-electron chi connectivity index (χ4n) is 0.892. The van der Waals surface area contributed by atoms with Gasteiger partial charge in [-0.1, -0.05) is 0 Å². The molecule has 13 heavy (non-hydrogen) atoms. The van der Waals surface area contributed by atoms with Gasteiger partial charge < -0.3 is 0 Å². The van der Waals surface area contributed by atoms with E-state index in [9.17, 15) is 4.39 Å². The Morgan fingerprint density at radius 1 is 1.54 bits per heavy atom. The van der Waals surface area contributed by atoms with E-state index in [0.717, 1.165) is 3.90 Å². The molecule has 0 fully saturated rings. The van der Waals surface area contributed by atoms with Gasteiger partial charge in [-0.15, -0.1) is 0 Å². The van der Waals surface area contributed by atoms with Crippen LogP contribution < -0.4 is 0 Å². The van der Waals surface area contributed by atoms with Crippen molar-refractivity contribution in [3.63, 3.8) is 0 Å². The topological polar surface area (TPSA) is 12.4 Å². The summed E-state index contributed by atoms with van der Waals surface area (Å²) in [5, 5.41) is 0. The molecule has 0 unspecified atom stereocenters. The number of aryl methyl sites for hydroxylation is 1. The van der Waals surface area contributed by atoms with Gasteiger partial charge in [0.25, 0.3) is 0 Å². The summed E-state index contributed by atoms with van der Waals surface area (Å²) in [6, 6.07) is 5.22. The predicted octanol–water partition coefficient (Wildman–Crippen LogP) is 2.58. The van der Waals surface area contributed by atoms with Crippen molar-refractivity contribution in [3.8, 4) is 0 Å². The summed E-state index contributed by atoms with van der Waals surface area (Å²) >= 11 is 1.35. The maximum absolute atomic E-state index is 13.3. The molecule has 0 bridgehead atoms. The summed E-state index contributed by atoms with van der Waals surface area (Å²) in [6.07, 6.45) is 1.70. The van der Waals surface area contributed by atoms with Crippen LogP contribution in [0.2, 0.25) is 0 Å². The average Bonchev–Trinajstić information content (AvgIpc) is 2.07. The van der Waals surface area contributed by atoms with Crippen LogP contribution in [-0.2, 0) is 19.4 Å². The molecule has 68 valence electrons. The SMILES string of the molecule is C[C](=[W])C=Nc1cccc(C)c1F. The molecule has 3 heteroatoms. The summed E-state index contributed by atoms with van der Waals surface area (Å²) in [5.41, 5.74) is 1.05. The van der Waals surface area contributed by atoms with Crippen LogP contribution in [0.3, 0.4) is 0 Å². The number of hydrogen-bond donors (Lipinski definition) is 0. The average molecular weight is 347 g/mol. The molecule has 0 saturated carbocycles. The zero-order valence-corrected chi connectivity index (χ0v) is 10.5. The van der Waals surface area contributed by atoms with Gasteiger partial charge in [0.15, 0.2) is 0 Å². The normalized spacial score (nSPS) is 10.7. The standard InChI is InChI=1S/C10H10FN.W/c1-3-7-12-9-6-4-5-8(2)10(9)11;/h4-7H,1-2H3;. The van der Waals surface area contributed by atoms with E-state index in [2.05, 4.69) is 4.99 Å². The van der Waals surface area contributed by atoms with Gasteiger partial charge >= 0.3 is 88.0 Å². The van der Waals surface area contributed by atoms with Gasteiger partial charge in [-0.2, -0.15) is 0 Å². The molecule has 0 heterocycles. The van der Waals surface area contributed by atoms with Gasteiger partial charge in [-0.25, -0.2) is 0 Å². The molecule has 0 aliphatic heterocycles. The summed E-state index contributed by atoms with van der Waals surface area (Å²) < 4.78 is 14.5. The molecular formula is C10H10FNW. The zero-order valence-electron chi connectivity index (χ0n) is 7.54. The van der Waals surface area contributed by atoms with Crippen LogP contribution in [0.1, 0.15) is 12.5 Å². The molecule has 0 spiro atoms. The molecule has 1 nitrogen and oxygen atoms in total. The second-order valence-corrected chi connectivity index (χ2v) is 5.09. The number of nitrogens with zero attached hydrogens (tertiary/aromatic N) is 1. The molecule has 0 amide bonds. The summed E-state index contributed by atoms with van der Waals surface area (Å²) in [7, 11) is 0. The van der Waals surface area contributed by atoms with E-state index in [-0.39, 0.29) is 5.82 Å². The van der Waals surface area contributed by atoms with Gasteiger partial charge in [0.05, 0.1) is 0 Å². The van der Waals surface area contributed by atoms with E-state index in [4.69, 9.17) is 0 Å². The second-order valence-electron chi connectivity index (χ2n) is 2.78. The van der Waals surface area contributed by atoms with Crippen LogP contribution in [0.4, 0.5) is 10.1 Å². The predicted molar refractivity (Wildman–Crippen MR) is 50.0 cm³/mol. The van der Waals surface area contributed by atoms with E-state index >= 15 is 0 Å². The third-order valence-electron chi connectivity index (χ3n) is 1.56. The van der Waals surface area contributed by atoms with Gasteiger partial charge in [-0.05, 0) is 0 Å². The Hall–Kier alpha value is -0.622. The third-order valence-corrected chi connectivity index (χ3v) is 1.94. The molecule has 0 radical (unpaired) electrons. The minimum atomic E-state index is -0.227. The van der Waals surface area contributed by atoms with Crippen molar-refractivity contribution >= 4 is 15.8 Å². The zero-order chi connectivity index (χ0) is 9.84. The first-order chi connectivity index (χ1) is 6.11. The van der Waals surface area contributed by atoms with Gasteiger partial charge in [0.1, 0.15) is 0 Å². The fraction of sp³-hybridized carbons (Fsp3) is 0.200. The van der Waals surface area contributed by atoms with Crippen molar-refractivity contribution in [2.45, 2.75) is 13.8 Å². The van der Waals surface area contributed by atoms with E-state index < -0.39 is 0 Å². The first kappa shape index (κ1) is 10.5. The second kappa shape index (κ2) is 4.57. The molecule has 0 saturated heterocycles. The molecule has 0 N–H and O–H groups in total. The van der Waals surface area contributed by atoms with Crippen LogP contribution in [0.25, 0.3) is 0 Å². The first-order valence-electron chi connectivity index (χ1n) is 3.91. The van der Waals surface area contributed by atoms with E-state index in [0.29, 0.717) is 11.3 Å². The Bertz CT molecular complexity index is 358. The minimum absolute atomic E-state index is 0.227. The van der Waals surface area contributed by atoms with Crippen LogP contribution >= 0.6 is 0 Å². The van der Waals surface area contributed by atoms with Crippen LogP contribution in [0, 0.1) is 12.7 Å². The first-order valence-corrected chi connectivity index (χ1v) is 5.37. The molecule has 0 aliphatic carbocycles. The third kappa shape index (κ3) is 2.96. The van der Waals surface area contributed by atoms with E-state index in [1.54, 1.807) is 25.3 Å². The monoisotopic (exact) mass is 347 g/mol. The Morgan fingerprint density at radius 3 is 2.85 bits per heavy atom. The van der Waals surface area contributed by atoms with Gasteiger partial charge in [-0.3, -0.25) is 0 Å². The molecule has 1 aromatic rings. The van der Waals surface area contributed by atoms with Gasteiger partial charge in [0, 0.05) is 0 Å². The molecular weight excluding hydrogens is 337 g/mol. The fourth-order valence-corrected chi connectivity index (χ4v) is 1.08. The number of aliphatic imine (C=N–C) groups is 1. The summed E-state index contributed by atoms with van der Waals surface area (Å²) in [4.78, 5) is 4.05. The number of hydrogen-bond acceptors (Lipinski definition) is 1. The van der Waals surface area contributed by atoms with Crippen molar-refractivity contribution < 1.29 is 23.7 Å². The number of halogens is 1. The quantitative estimate of drug-likeness (QED) is 0.730. The Balaban J connectivity index is 3.02. The van der Waals surface area contributed by atoms with Crippen LogP contribution in [0.15, 0.2) is 23.2 Å². The van der Waals surface area contributed by atoms with Crippen molar-refractivity contribution in [1.29, 1.82) is 0 Å². The van der Waals surface area contributed by atoms with Crippen molar-refractivity contribution in [1.82, 2.24) is 0 Å². The van der Waals surface area contributed by atoms with E-state index in [1.165, 1.54) is 19.4 Å². The number of rotatable bonds is 2. The van der Waals surface area contributed by atoms with Crippen molar-refractivity contribution in [2.75, 3.05) is 0 Å². The summed E-state index contributed by atoms with van der Waals surface area (Å²) in [6.45, 7) is 3.70. The number of benzene rings is 1. The van der Waals surface area contributed by atoms with E-state index in [1.807, 2.05) is 13.0 Å². The maximum atomic E-state index is 13.3. The van der Waals surface area contributed by atoms with Crippen LogP contribution in [0.5, 0.6) is 0 Å². The van der Waals surface area contributed by atoms with Crippen molar-refractivity contribution in [3.05, 3.63) is 29.6 Å². The Morgan fingerprint density at radius 2 is 2.23 bits per heavy atom. The summed E-state index contributed by atoms with van der Waals surface area (Å²) in [5.74, 6) is -0.227. The Kier molecular flexibility index (Phi) is 3.68. The molecule has 0 aromatic heterocycles. The molecule has 0 aliphatic rings. The molecule has 1 aromatic carbocycles.